The largest absolute Gasteiger partial charge is 0.462 e. The van der Waals surface area contributed by atoms with Gasteiger partial charge in [0.15, 0.2) is 6.10 Å². The maximum Gasteiger partial charge on any atom is 0.306 e. The van der Waals surface area contributed by atoms with E-state index in [1.165, 1.54) is 167 Å². The maximum absolute atomic E-state index is 12.9. The Hall–Kier alpha value is -3.67. The molecule has 6 heteroatoms. The fourth-order valence-corrected chi connectivity index (χ4v) is 9.58. The van der Waals surface area contributed by atoms with Crippen LogP contribution in [0.4, 0.5) is 0 Å². The number of hydrogen-bond acceptors (Lipinski definition) is 6. The molecule has 1 atom stereocenters. The van der Waals surface area contributed by atoms with E-state index in [1.807, 2.05) is 0 Å². The summed E-state index contributed by atoms with van der Waals surface area (Å²) in [4.78, 5) is 38.4. The van der Waals surface area contributed by atoms with Crippen LogP contribution in [0, 0.1) is 0 Å². The Labute approximate surface area is 489 Å². The van der Waals surface area contributed by atoms with Crippen LogP contribution in [0.3, 0.4) is 0 Å². The highest BCUT2D eigenvalue weighted by atomic mass is 16.6. The molecular weight excluding hydrogens is 973 g/mol. The van der Waals surface area contributed by atoms with Crippen molar-refractivity contribution >= 4 is 17.9 Å². The van der Waals surface area contributed by atoms with Gasteiger partial charge in [0.05, 0.1) is 0 Å². The third-order valence-corrected chi connectivity index (χ3v) is 14.6. The molecule has 0 fully saturated rings. The van der Waals surface area contributed by atoms with E-state index in [-0.39, 0.29) is 31.1 Å². The van der Waals surface area contributed by atoms with E-state index in [0.717, 1.165) is 122 Å². The van der Waals surface area contributed by atoms with Gasteiger partial charge in [-0.15, -0.1) is 0 Å². The van der Waals surface area contributed by atoms with Gasteiger partial charge in [0.2, 0.25) is 0 Å². The number of carbonyl (C=O) groups is 3. The van der Waals surface area contributed by atoms with Gasteiger partial charge in [-0.05, 0) is 83.5 Å². The second-order valence-electron chi connectivity index (χ2n) is 22.4. The molecule has 0 spiro atoms. The molecule has 0 aliphatic carbocycles. The molecule has 0 rings (SSSR count). The molecule has 0 bridgehead atoms. The zero-order chi connectivity index (χ0) is 57.1. The molecule has 6 nitrogen and oxygen atoms in total. The van der Waals surface area contributed by atoms with Crippen LogP contribution in [0.1, 0.15) is 329 Å². The maximum atomic E-state index is 12.9. The summed E-state index contributed by atoms with van der Waals surface area (Å²) in [6, 6.07) is 0. The first-order valence-electron chi connectivity index (χ1n) is 33.7. The first kappa shape index (κ1) is 75.3. The monoisotopic (exact) mass is 1100 g/mol. The van der Waals surface area contributed by atoms with Gasteiger partial charge >= 0.3 is 17.9 Å². The minimum absolute atomic E-state index is 0.0809. The van der Waals surface area contributed by atoms with Crippen LogP contribution in [-0.2, 0) is 28.6 Å². The summed E-state index contributed by atoms with van der Waals surface area (Å²) >= 11 is 0. The fraction of sp³-hybridized carbons (Fsp3) is 0.740. The number of unbranched alkanes of at least 4 members (excludes halogenated alkanes) is 34. The van der Waals surface area contributed by atoms with E-state index < -0.39 is 6.10 Å². The van der Waals surface area contributed by atoms with Crippen molar-refractivity contribution in [2.24, 2.45) is 0 Å². The number of allylic oxidation sites excluding steroid dienone is 16. The van der Waals surface area contributed by atoms with Gasteiger partial charge in [0, 0.05) is 19.3 Å². The molecule has 0 aromatic rings. The van der Waals surface area contributed by atoms with Crippen molar-refractivity contribution in [2.45, 2.75) is 335 Å². The summed E-state index contributed by atoms with van der Waals surface area (Å²) in [5.41, 5.74) is 0. The van der Waals surface area contributed by atoms with Crippen LogP contribution in [0.25, 0.3) is 0 Å². The summed E-state index contributed by atoms with van der Waals surface area (Å²) < 4.78 is 16.9. The van der Waals surface area contributed by atoms with Crippen LogP contribution in [0.2, 0.25) is 0 Å². The second-order valence-corrected chi connectivity index (χ2v) is 22.4. The van der Waals surface area contributed by atoms with Crippen LogP contribution in [0.15, 0.2) is 97.2 Å². The number of hydrogen-bond donors (Lipinski definition) is 0. The SMILES string of the molecule is CC/C=C\C/C=C\C/C=C\C/C=C\C/C=C\C/C=C\C/C=C\C/C=C\CCCCCCC(=O)OCC(COC(=O)CCCCCCCCCCCCCCCCCC)OC(=O)CCCCCCCCCCCCCCCCCC. The first-order chi connectivity index (χ1) is 39.0. The molecule has 0 amide bonds. The Morgan fingerprint density at radius 2 is 0.494 bits per heavy atom. The first-order valence-corrected chi connectivity index (χ1v) is 33.7. The smallest absolute Gasteiger partial charge is 0.306 e. The zero-order valence-corrected chi connectivity index (χ0v) is 52.1. The van der Waals surface area contributed by atoms with Gasteiger partial charge in [0.25, 0.3) is 0 Å². The number of rotatable bonds is 61. The molecule has 0 aromatic carbocycles. The molecule has 0 aromatic heterocycles. The van der Waals surface area contributed by atoms with Crippen molar-refractivity contribution in [1.29, 1.82) is 0 Å². The van der Waals surface area contributed by atoms with Crippen LogP contribution in [0.5, 0.6) is 0 Å². The van der Waals surface area contributed by atoms with Crippen LogP contribution >= 0.6 is 0 Å². The van der Waals surface area contributed by atoms with Crippen molar-refractivity contribution in [2.75, 3.05) is 13.2 Å². The number of ether oxygens (including phenoxy) is 3. The molecule has 0 N–H and O–H groups in total. The lowest BCUT2D eigenvalue weighted by Crippen LogP contribution is -2.30. The quantitative estimate of drug-likeness (QED) is 0.0261. The Balaban J connectivity index is 4.37. The Morgan fingerprint density at radius 1 is 0.266 bits per heavy atom. The highest BCUT2D eigenvalue weighted by molar-refractivity contribution is 5.71. The highest BCUT2D eigenvalue weighted by Crippen LogP contribution is 2.17. The molecule has 0 heterocycles. The van der Waals surface area contributed by atoms with E-state index in [0.29, 0.717) is 19.3 Å². The third kappa shape index (κ3) is 65.0. The van der Waals surface area contributed by atoms with Crippen molar-refractivity contribution in [1.82, 2.24) is 0 Å². The van der Waals surface area contributed by atoms with Gasteiger partial charge in [0.1, 0.15) is 13.2 Å². The normalized spacial score (nSPS) is 12.7. The van der Waals surface area contributed by atoms with Crippen LogP contribution in [-0.4, -0.2) is 37.2 Å². The molecule has 0 radical (unpaired) electrons. The van der Waals surface area contributed by atoms with E-state index in [4.69, 9.17) is 14.2 Å². The molecule has 0 aliphatic heterocycles. The molecule has 454 valence electrons. The minimum atomic E-state index is -0.787. The molecule has 79 heavy (non-hydrogen) atoms. The van der Waals surface area contributed by atoms with E-state index in [9.17, 15) is 14.4 Å². The lowest BCUT2D eigenvalue weighted by Gasteiger charge is -2.18. The van der Waals surface area contributed by atoms with Gasteiger partial charge in [-0.3, -0.25) is 14.4 Å². The molecule has 0 saturated carbocycles. The minimum Gasteiger partial charge on any atom is -0.462 e. The average Bonchev–Trinajstić information content (AvgIpc) is 3.45. The Bertz CT molecular complexity index is 1540. The van der Waals surface area contributed by atoms with Gasteiger partial charge in [-0.1, -0.05) is 323 Å². The average molecular weight is 1100 g/mol. The zero-order valence-electron chi connectivity index (χ0n) is 52.1. The summed E-state index contributed by atoms with van der Waals surface area (Å²) in [5, 5.41) is 0. The Morgan fingerprint density at radius 3 is 0.772 bits per heavy atom. The van der Waals surface area contributed by atoms with E-state index in [1.54, 1.807) is 0 Å². The van der Waals surface area contributed by atoms with Crippen LogP contribution < -0.4 is 0 Å². The summed E-state index contributed by atoms with van der Waals surface area (Å²) in [7, 11) is 0. The van der Waals surface area contributed by atoms with Crippen molar-refractivity contribution in [3.8, 4) is 0 Å². The Kier molecular flexibility index (Phi) is 63.7. The molecule has 1 unspecified atom stereocenters. The molecule has 0 aliphatic rings. The third-order valence-electron chi connectivity index (χ3n) is 14.6. The van der Waals surface area contributed by atoms with E-state index >= 15 is 0 Å². The van der Waals surface area contributed by atoms with Gasteiger partial charge in [-0.25, -0.2) is 0 Å². The predicted octanol–water partition coefficient (Wildman–Crippen LogP) is 23.2. The van der Waals surface area contributed by atoms with Crippen molar-refractivity contribution in [3.05, 3.63) is 97.2 Å². The number of esters is 3. The topological polar surface area (TPSA) is 78.9 Å². The predicted molar refractivity (Wildman–Crippen MR) is 344 cm³/mol. The van der Waals surface area contributed by atoms with E-state index in [2.05, 4.69) is 118 Å². The highest BCUT2D eigenvalue weighted by Gasteiger charge is 2.19. The molecular formula is C73H126O6. The van der Waals surface area contributed by atoms with Crippen molar-refractivity contribution in [3.63, 3.8) is 0 Å². The van der Waals surface area contributed by atoms with Crippen molar-refractivity contribution < 1.29 is 28.6 Å². The standard InChI is InChI=1S/C73H126O6/c1-4-7-10-13-16-19-22-25-28-31-32-33-34-35-36-37-38-39-40-41-42-43-46-48-51-54-57-60-63-66-72(75)78-69-70(79-73(76)67-64-61-58-55-52-49-45-30-27-24-21-18-15-12-9-6-3)68-77-71(74)65-62-59-56-53-50-47-44-29-26-23-20-17-14-11-8-5-2/h7,10,16,19,25,28,32-33,35-36,38-39,41-42,46,48,70H,4-6,8-9,11-15,17-18,20-24,26-27,29-31,34,37,40,43-45,47,49-69H2,1-3H3/b10-7-,19-16-,28-25-,33-32-,36-35-,39-38-,42-41-,48-46-. The summed E-state index contributed by atoms with van der Waals surface area (Å²) in [6.07, 6.45) is 89.9. The van der Waals surface area contributed by atoms with Gasteiger partial charge < -0.3 is 14.2 Å². The molecule has 0 saturated heterocycles. The van der Waals surface area contributed by atoms with Gasteiger partial charge in [-0.2, -0.15) is 0 Å². The summed E-state index contributed by atoms with van der Waals surface area (Å²) in [5.74, 6) is -0.890. The number of carbonyl (C=O) groups excluding carboxylic acids is 3. The fourth-order valence-electron chi connectivity index (χ4n) is 9.58. The second kappa shape index (κ2) is 66.8. The lowest BCUT2D eigenvalue weighted by atomic mass is 10.0. The summed E-state index contributed by atoms with van der Waals surface area (Å²) in [6.45, 7) is 6.55. The lowest BCUT2D eigenvalue weighted by molar-refractivity contribution is -0.167.